The number of fused-ring (bicyclic) bond motifs is 1. The number of hydrogen-bond acceptors (Lipinski definition) is 3. The molecule has 78 valence electrons. The molecule has 0 amide bonds. The van der Waals surface area contributed by atoms with Crippen molar-refractivity contribution >= 4 is 22.6 Å². The van der Waals surface area contributed by atoms with E-state index in [9.17, 15) is 0 Å². The number of halogens is 1. The number of ether oxygens (including phenoxy) is 1. The lowest BCUT2D eigenvalue weighted by atomic mass is 10.1. The Kier molecular flexibility index (Phi) is 2.73. The summed E-state index contributed by atoms with van der Waals surface area (Å²) in [5.41, 5.74) is 2.68. The summed E-state index contributed by atoms with van der Waals surface area (Å²) in [6.45, 7) is 2.04. The first kappa shape index (κ1) is 10.2. The molecule has 15 heavy (non-hydrogen) atoms. The van der Waals surface area contributed by atoms with E-state index in [0.29, 0.717) is 5.88 Å². The fraction of sp³-hybridized carbons (Fsp3) is 0.273. The molecule has 0 N–H and O–H groups in total. The van der Waals surface area contributed by atoms with E-state index >= 15 is 0 Å². The zero-order valence-corrected chi connectivity index (χ0v) is 9.38. The minimum atomic E-state index is 0.513. The molecule has 2 aromatic rings. The van der Waals surface area contributed by atoms with Gasteiger partial charge in [-0.2, -0.15) is 0 Å². The maximum atomic E-state index is 6.09. The van der Waals surface area contributed by atoms with Crippen molar-refractivity contribution < 1.29 is 4.74 Å². The Balaban J connectivity index is 2.76. The third-order valence-corrected chi connectivity index (χ3v) is 2.66. The Labute approximate surface area is 93.1 Å². The van der Waals surface area contributed by atoms with Crippen molar-refractivity contribution in [3.63, 3.8) is 0 Å². The van der Waals surface area contributed by atoms with Gasteiger partial charge >= 0.3 is 0 Å². The van der Waals surface area contributed by atoms with Crippen LogP contribution in [0.1, 0.15) is 12.5 Å². The summed E-state index contributed by atoms with van der Waals surface area (Å²) in [5, 5.41) is 0.729. The first-order valence-electron chi connectivity index (χ1n) is 4.74. The fourth-order valence-electron chi connectivity index (χ4n) is 1.53. The number of rotatable bonds is 2. The van der Waals surface area contributed by atoms with E-state index < -0.39 is 0 Å². The summed E-state index contributed by atoms with van der Waals surface area (Å²) in [6, 6.07) is 3.72. The minimum absolute atomic E-state index is 0.513. The van der Waals surface area contributed by atoms with Crippen LogP contribution < -0.4 is 4.74 Å². The molecule has 0 saturated carbocycles. The highest BCUT2D eigenvalue weighted by atomic mass is 35.5. The first-order valence-corrected chi connectivity index (χ1v) is 5.12. The molecule has 2 rings (SSSR count). The average Bonchev–Trinajstić information content (AvgIpc) is 2.28. The number of aryl methyl sites for hydroxylation is 1. The van der Waals surface area contributed by atoms with Crippen molar-refractivity contribution in [3.05, 3.63) is 28.9 Å². The van der Waals surface area contributed by atoms with Gasteiger partial charge in [0.25, 0.3) is 0 Å². The molecule has 0 radical (unpaired) electrons. The molecular formula is C11H11ClN2O. The molecule has 1 heterocycles. The van der Waals surface area contributed by atoms with Crippen LogP contribution in [0.2, 0.25) is 5.02 Å². The highest BCUT2D eigenvalue weighted by Crippen LogP contribution is 2.25. The van der Waals surface area contributed by atoms with Crippen LogP contribution in [0, 0.1) is 0 Å². The molecule has 4 heteroatoms. The van der Waals surface area contributed by atoms with Crippen LogP contribution in [-0.4, -0.2) is 17.1 Å². The van der Waals surface area contributed by atoms with Crippen molar-refractivity contribution in [1.82, 2.24) is 9.97 Å². The third kappa shape index (κ3) is 1.75. The molecule has 0 atom stereocenters. The number of hydrogen-bond donors (Lipinski definition) is 0. The largest absolute Gasteiger partial charge is 0.480 e. The van der Waals surface area contributed by atoms with Gasteiger partial charge in [-0.05, 0) is 24.1 Å². The summed E-state index contributed by atoms with van der Waals surface area (Å²) in [5.74, 6) is 0.513. The second kappa shape index (κ2) is 4.03. The molecule has 0 aliphatic heterocycles. The van der Waals surface area contributed by atoms with Gasteiger partial charge in [0.15, 0.2) is 0 Å². The molecule has 3 nitrogen and oxygen atoms in total. The number of methoxy groups -OCH3 is 1. The Morgan fingerprint density at radius 1 is 1.40 bits per heavy atom. The van der Waals surface area contributed by atoms with Crippen LogP contribution in [0.3, 0.4) is 0 Å². The van der Waals surface area contributed by atoms with Crippen LogP contribution in [0.4, 0.5) is 0 Å². The zero-order valence-electron chi connectivity index (χ0n) is 8.62. The van der Waals surface area contributed by atoms with Gasteiger partial charge in [0.05, 0.1) is 24.3 Å². The summed E-state index contributed by atoms with van der Waals surface area (Å²) in [6.07, 6.45) is 2.44. The summed E-state index contributed by atoms with van der Waals surface area (Å²) >= 11 is 6.09. The first-order chi connectivity index (χ1) is 7.26. The van der Waals surface area contributed by atoms with Crippen molar-refractivity contribution in [2.24, 2.45) is 0 Å². The van der Waals surface area contributed by atoms with Gasteiger partial charge < -0.3 is 4.74 Å². The number of aromatic nitrogens is 2. The van der Waals surface area contributed by atoms with Gasteiger partial charge in [-0.3, -0.25) is 0 Å². The second-order valence-corrected chi connectivity index (χ2v) is 3.57. The quantitative estimate of drug-likeness (QED) is 0.784. The van der Waals surface area contributed by atoms with E-state index in [0.717, 1.165) is 28.0 Å². The highest BCUT2D eigenvalue weighted by Gasteiger charge is 2.07. The number of benzene rings is 1. The minimum Gasteiger partial charge on any atom is -0.480 e. The second-order valence-electron chi connectivity index (χ2n) is 3.16. The lowest BCUT2D eigenvalue weighted by molar-refractivity contribution is 0.397. The molecule has 0 spiro atoms. The molecule has 0 aliphatic rings. The van der Waals surface area contributed by atoms with E-state index in [1.165, 1.54) is 0 Å². The predicted molar refractivity (Wildman–Crippen MR) is 60.5 cm³/mol. The molecule has 0 bridgehead atoms. The van der Waals surface area contributed by atoms with Crippen molar-refractivity contribution in [3.8, 4) is 5.88 Å². The normalized spacial score (nSPS) is 10.6. The third-order valence-electron chi connectivity index (χ3n) is 2.30. The van der Waals surface area contributed by atoms with Gasteiger partial charge in [0.2, 0.25) is 5.88 Å². The number of nitrogens with zero attached hydrogens (tertiary/aromatic N) is 2. The van der Waals surface area contributed by atoms with Crippen LogP contribution in [0.5, 0.6) is 5.88 Å². The van der Waals surface area contributed by atoms with Gasteiger partial charge in [-0.25, -0.2) is 9.97 Å². The summed E-state index contributed by atoms with van der Waals surface area (Å²) in [4.78, 5) is 8.61. The topological polar surface area (TPSA) is 35.0 Å². The molecule has 1 aromatic heterocycles. The summed E-state index contributed by atoms with van der Waals surface area (Å²) in [7, 11) is 1.58. The monoisotopic (exact) mass is 222 g/mol. The van der Waals surface area contributed by atoms with Gasteiger partial charge in [0, 0.05) is 5.02 Å². The molecular weight excluding hydrogens is 212 g/mol. The Hall–Kier alpha value is -1.35. The smallest absolute Gasteiger partial charge is 0.232 e. The lowest BCUT2D eigenvalue weighted by Gasteiger charge is -2.06. The molecule has 1 aromatic carbocycles. The van der Waals surface area contributed by atoms with Crippen LogP contribution >= 0.6 is 11.6 Å². The lowest BCUT2D eigenvalue weighted by Crippen LogP contribution is -1.94. The van der Waals surface area contributed by atoms with E-state index in [4.69, 9.17) is 16.3 Å². The van der Waals surface area contributed by atoms with Crippen molar-refractivity contribution in [1.29, 1.82) is 0 Å². The van der Waals surface area contributed by atoms with Crippen molar-refractivity contribution in [2.45, 2.75) is 13.3 Å². The van der Waals surface area contributed by atoms with Gasteiger partial charge in [0.1, 0.15) is 0 Å². The van der Waals surface area contributed by atoms with E-state index in [2.05, 4.69) is 9.97 Å². The van der Waals surface area contributed by atoms with Gasteiger partial charge in [-0.1, -0.05) is 18.5 Å². The molecule has 0 aliphatic carbocycles. The summed E-state index contributed by atoms with van der Waals surface area (Å²) < 4.78 is 5.04. The molecule has 0 saturated heterocycles. The van der Waals surface area contributed by atoms with Crippen LogP contribution in [0.15, 0.2) is 18.3 Å². The maximum absolute atomic E-state index is 6.09. The molecule has 0 unspecified atom stereocenters. The van der Waals surface area contributed by atoms with Gasteiger partial charge in [-0.15, -0.1) is 0 Å². The van der Waals surface area contributed by atoms with E-state index in [-0.39, 0.29) is 0 Å². The Bertz CT molecular complexity index is 499. The standard InChI is InChI=1S/C11H11ClN2O/c1-3-7-8(12)4-5-9-11(7)14-10(15-2)6-13-9/h4-6H,3H2,1-2H3. The Morgan fingerprint density at radius 3 is 2.87 bits per heavy atom. The van der Waals surface area contributed by atoms with Crippen molar-refractivity contribution in [2.75, 3.05) is 7.11 Å². The van der Waals surface area contributed by atoms with Crippen LogP contribution in [-0.2, 0) is 6.42 Å². The average molecular weight is 223 g/mol. The zero-order chi connectivity index (χ0) is 10.8. The fourth-order valence-corrected chi connectivity index (χ4v) is 1.81. The highest BCUT2D eigenvalue weighted by molar-refractivity contribution is 6.32. The van der Waals surface area contributed by atoms with E-state index in [1.807, 2.05) is 19.1 Å². The maximum Gasteiger partial charge on any atom is 0.232 e. The Morgan fingerprint density at radius 2 is 2.20 bits per heavy atom. The van der Waals surface area contributed by atoms with E-state index in [1.54, 1.807) is 13.3 Å². The SMILES string of the molecule is CCc1c(Cl)ccc2ncc(OC)nc12. The van der Waals surface area contributed by atoms with Crippen LogP contribution in [0.25, 0.3) is 11.0 Å². The molecule has 0 fully saturated rings. The predicted octanol–water partition coefficient (Wildman–Crippen LogP) is 2.85.